The van der Waals surface area contributed by atoms with Gasteiger partial charge in [0, 0.05) is 51.8 Å². The highest BCUT2D eigenvalue weighted by Gasteiger charge is 2.33. The quantitative estimate of drug-likeness (QED) is 0.411. The molecule has 2 amide bonds. The summed E-state index contributed by atoms with van der Waals surface area (Å²) in [5.41, 5.74) is -0.891. The van der Waals surface area contributed by atoms with Crippen LogP contribution in [0.4, 0.5) is 24.5 Å². The Kier molecular flexibility index (Phi) is 8.63. The number of rotatable bonds is 9. The number of nitro benzene ring substituents is 1. The van der Waals surface area contributed by atoms with Gasteiger partial charge in [-0.05, 0) is 17.7 Å². The molecule has 188 valence electrons. The molecule has 1 aliphatic rings. The molecule has 2 aromatic rings. The highest BCUT2D eigenvalue weighted by Crippen LogP contribution is 2.34. The fourth-order valence-electron chi connectivity index (χ4n) is 3.68. The van der Waals surface area contributed by atoms with Crippen LogP contribution in [0.1, 0.15) is 17.5 Å². The molecule has 0 aromatic heterocycles. The van der Waals surface area contributed by atoms with Crippen molar-refractivity contribution in [3.8, 4) is 0 Å². The van der Waals surface area contributed by atoms with Gasteiger partial charge in [-0.2, -0.15) is 13.2 Å². The number of halogens is 3. The molecule has 0 saturated carbocycles. The third-order valence-electron chi connectivity index (χ3n) is 5.60. The van der Waals surface area contributed by atoms with Crippen LogP contribution in [-0.2, 0) is 22.3 Å². The molecule has 0 unspecified atom stereocenters. The van der Waals surface area contributed by atoms with Gasteiger partial charge in [-0.25, -0.2) is 0 Å². The van der Waals surface area contributed by atoms with E-state index in [0.29, 0.717) is 38.8 Å². The number of hydrogen-bond acceptors (Lipinski definition) is 6. The van der Waals surface area contributed by atoms with Crippen molar-refractivity contribution in [1.82, 2.24) is 15.1 Å². The maximum atomic E-state index is 12.8. The number of carbonyl (C=O) groups is 2. The molecule has 0 bridgehead atoms. The second-order valence-corrected chi connectivity index (χ2v) is 8.08. The summed E-state index contributed by atoms with van der Waals surface area (Å²) in [7, 11) is 0. The number of hydrogen-bond donors (Lipinski definition) is 2. The Hall–Kier alpha value is -3.67. The van der Waals surface area contributed by atoms with Crippen LogP contribution >= 0.6 is 0 Å². The molecule has 0 radical (unpaired) electrons. The average molecular weight is 493 g/mol. The Bertz CT molecular complexity index is 1040. The third-order valence-corrected chi connectivity index (χ3v) is 5.60. The van der Waals surface area contributed by atoms with Gasteiger partial charge in [0.15, 0.2) is 0 Å². The smallest absolute Gasteiger partial charge is 0.379 e. The predicted octanol–water partition coefficient (Wildman–Crippen LogP) is 2.88. The average Bonchev–Trinajstić information content (AvgIpc) is 2.83. The van der Waals surface area contributed by atoms with Gasteiger partial charge in [0.1, 0.15) is 5.69 Å². The number of carbonyl (C=O) groups excluding carboxylic acids is 2. The first kappa shape index (κ1) is 25.9. The van der Waals surface area contributed by atoms with Crippen molar-refractivity contribution in [3.63, 3.8) is 0 Å². The summed E-state index contributed by atoms with van der Waals surface area (Å²) in [6, 6.07) is 11.8. The summed E-state index contributed by atoms with van der Waals surface area (Å²) >= 11 is 0. The number of piperazine rings is 1. The summed E-state index contributed by atoms with van der Waals surface area (Å²) in [6.45, 7) is 2.64. The number of anilines is 1. The zero-order valence-corrected chi connectivity index (χ0v) is 18.9. The molecular formula is C23H26F3N5O4. The van der Waals surface area contributed by atoms with E-state index in [2.05, 4.69) is 10.6 Å². The Balaban J connectivity index is 1.40. The Morgan fingerprint density at radius 3 is 2.34 bits per heavy atom. The molecule has 0 aliphatic carbocycles. The van der Waals surface area contributed by atoms with Crippen molar-refractivity contribution >= 4 is 23.2 Å². The van der Waals surface area contributed by atoms with Gasteiger partial charge in [-0.15, -0.1) is 0 Å². The maximum Gasteiger partial charge on any atom is 0.416 e. The van der Waals surface area contributed by atoms with Crippen LogP contribution in [0.15, 0.2) is 48.5 Å². The molecule has 0 atom stereocenters. The van der Waals surface area contributed by atoms with Gasteiger partial charge in [0.25, 0.3) is 5.69 Å². The zero-order chi connectivity index (χ0) is 25.4. The largest absolute Gasteiger partial charge is 0.416 e. The lowest BCUT2D eigenvalue weighted by Gasteiger charge is -2.34. The summed E-state index contributed by atoms with van der Waals surface area (Å²) in [6.07, 6.45) is -4.67. The van der Waals surface area contributed by atoms with E-state index in [9.17, 15) is 32.9 Å². The standard InChI is InChI=1S/C23H26F3N5O4/c24-23(25,26)18-6-7-19(20(14-18)31(34)35)27-9-8-22(33)30-12-10-29(11-13-30)16-21(32)28-15-17-4-2-1-3-5-17/h1-7,14,27H,8-13,15-16H2,(H,28,32). The maximum absolute atomic E-state index is 12.8. The summed E-state index contributed by atoms with van der Waals surface area (Å²) < 4.78 is 38.4. The monoisotopic (exact) mass is 493 g/mol. The molecule has 1 fully saturated rings. The van der Waals surface area contributed by atoms with Crippen molar-refractivity contribution in [3.05, 3.63) is 69.8 Å². The minimum absolute atomic E-state index is 0.0235. The molecule has 1 aliphatic heterocycles. The van der Waals surface area contributed by atoms with E-state index >= 15 is 0 Å². The number of nitrogens with one attached hydrogen (secondary N) is 2. The Morgan fingerprint density at radius 2 is 1.71 bits per heavy atom. The van der Waals surface area contributed by atoms with Crippen LogP contribution in [0.2, 0.25) is 0 Å². The van der Waals surface area contributed by atoms with Crippen molar-refractivity contribution in [2.75, 3.05) is 44.6 Å². The SMILES string of the molecule is O=C(CN1CCN(C(=O)CCNc2ccc(C(F)(F)F)cc2[N+](=O)[O-])CC1)NCc1ccccc1. The van der Waals surface area contributed by atoms with Crippen LogP contribution in [0.3, 0.4) is 0 Å². The second kappa shape index (κ2) is 11.6. The fourth-order valence-corrected chi connectivity index (χ4v) is 3.68. The molecule has 3 rings (SSSR count). The molecule has 35 heavy (non-hydrogen) atoms. The van der Waals surface area contributed by atoms with Gasteiger partial charge in [0.2, 0.25) is 11.8 Å². The molecule has 1 heterocycles. The van der Waals surface area contributed by atoms with Gasteiger partial charge in [0.05, 0.1) is 17.0 Å². The van der Waals surface area contributed by atoms with E-state index in [1.54, 1.807) is 4.90 Å². The lowest BCUT2D eigenvalue weighted by molar-refractivity contribution is -0.384. The third kappa shape index (κ3) is 7.67. The van der Waals surface area contributed by atoms with Gasteiger partial charge < -0.3 is 15.5 Å². The first-order chi connectivity index (χ1) is 16.6. The predicted molar refractivity (Wildman–Crippen MR) is 123 cm³/mol. The minimum atomic E-state index is -4.69. The van der Waals surface area contributed by atoms with Gasteiger partial charge in [-0.3, -0.25) is 24.6 Å². The minimum Gasteiger partial charge on any atom is -0.379 e. The van der Waals surface area contributed by atoms with Crippen LogP contribution in [0.25, 0.3) is 0 Å². The molecule has 2 aromatic carbocycles. The lowest BCUT2D eigenvalue weighted by atomic mass is 10.1. The van der Waals surface area contributed by atoms with Crippen LogP contribution in [0.5, 0.6) is 0 Å². The lowest BCUT2D eigenvalue weighted by Crippen LogP contribution is -2.51. The van der Waals surface area contributed by atoms with Crippen molar-refractivity contribution in [1.29, 1.82) is 0 Å². The van der Waals surface area contributed by atoms with Crippen LogP contribution < -0.4 is 10.6 Å². The number of nitrogens with zero attached hydrogens (tertiary/aromatic N) is 3. The normalized spacial score (nSPS) is 14.4. The Labute approximate surface area is 200 Å². The van der Waals surface area contributed by atoms with Crippen molar-refractivity contribution in [2.45, 2.75) is 19.1 Å². The topological polar surface area (TPSA) is 108 Å². The van der Waals surface area contributed by atoms with Gasteiger partial charge >= 0.3 is 6.18 Å². The molecule has 0 spiro atoms. The number of amides is 2. The van der Waals surface area contributed by atoms with Crippen molar-refractivity contribution < 1.29 is 27.7 Å². The van der Waals surface area contributed by atoms with Crippen molar-refractivity contribution in [2.24, 2.45) is 0 Å². The summed E-state index contributed by atoms with van der Waals surface area (Å²) in [4.78, 5) is 38.5. The molecule has 12 heteroatoms. The molecule has 2 N–H and O–H groups in total. The highest BCUT2D eigenvalue weighted by molar-refractivity contribution is 5.78. The van der Waals surface area contributed by atoms with E-state index in [-0.39, 0.29) is 37.0 Å². The fraction of sp³-hybridized carbons (Fsp3) is 0.391. The molecular weight excluding hydrogens is 467 g/mol. The second-order valence-electron chi connectivity index (χ2n) is 8.08. The summed E-state index contributed by atoms with van der Waals surface area (Å²) in [5, 5.41) is 16.7. The number of nitro groups is 1. The van der Waals surface area contributed by atoms with E-state index in [0.717, 1.165) is 17.7 Å². The number of alkyl halides is 3. The zero-order valence-electron chi connectivity index (χ0n) is 18.9. The Morgan fingerprint density at radius 1 is 1.03 bits per heavy atom. The van der Waals surface area contributed by atoms with E-state index < -0.39 is 22.4 Å². The first-order valence-electron chi connectivity index (χ1n) is 11.0. The van der Waals surface area contributed by atoms with E-state index in [1.807, 2.05) is 35.2 Å². The van der Waals surface area contributed by atoms with Gasteiger partial charge in [-0.1, -0.05) is 30.3 Å². The highest BCUT2D eigenvalue weighted by atomic mass is 19.4. The van der Waals surface area contributed by atoms with E-state index in [1.165, 1.54) is 0 Å². The molecule has 9 nitrogen and oxygen atoms in total. The first-order valence-corrected chi connectivity index (χ1v) is 11.0. The van der Waals surface area contributed by atoms with Crippen LogP contribution in [-0.4, -0.2) is 65.8 Å². The summed E-state index contributed by atoms with van der Waals surface area (Å²) in [5.74, 6) is -0.281. The number of benzene rings is 2. The van der Waals surface area contributed by atoms with Crippen LogP contribution in [0, 0.1) is 10.1 Å². The van der Waals surface area contributed by atoms with E-state index in [4.69, 9.17) is 0 Å². The molecule has 1 saturated heterocycles.